The predicted octanol–water partition coefficient (Wildman–Crippen LogP) is 2.85. The van der Waals surface area contributed by atoms with Gasteiger partial charge in [-0.15, -0.1) is 0 Å². The fraction of sp³-hybridized carbons (Fsp3) is 0.765. The van der Waals surface area contributed by atoms with Crippen molar-refractivity contribution >= 4 is 0 Å². The van der Waals surface area contributed by atoms with Crippen LogP contribution in [0, 0.1) is 5.92 Å². The summed E-state index contributed by atoms with van der Waals surface area (Å²) in [6.07, 6.45) is 6.30. The molecule has 21 heavy (non-hydrogen) atoms. The van der Waals surface area contributed by atoms with E-state index in [9.17, 15) is 0 Å². The fourth-order valence-corrected chi connectivity index (χ4v) is 3.00. The standard InChI is InChI=1S/C17H29N3O/c1-5-17(4,21-7-3)16-19-12-14-10-13(11-18-6-2)8-9-15(14)20-16/h12-13,18H,5-11H2,1-4H3. The highest BCUT2D eigenvalue weighted by atomic mass is 16.5. The Labute approximate surface area is 128 Å². The Hall–Kier alpha value is -1.00. The molecule has 0 bridgehead atoms. The third-order valence-corrected chi connectivity index (χ3v) is 4.55. The van der Waals surface area contributed by atoms with Crippen LogP contribution in [0.1, 0.15) is 57.6 Å². The molecule has 0 radical (unpaired) electrons. The number of hydrogen-bond acceptors (Lipinski definition) is 4. The molecular weight excluding hydrogens is 262 g/mol. The molecule has 1 aliphatic rings. The molecule has 0 aromatic carbocycles. The first kappa shape index (κ1) is 16.4. The lowest BCUT2D eigenvalue weighted by Gasteiger charge is -2.29. The van der Waals surface area contributed by atoms with Gasteiger partial charge >= 0.3 is 0 Å². The van der Waals surface area contributed by atoms with E-state index >= 15 is 0 Å². The minimum atomic E-state index is -0.357. The topological polar surface area (TPSA) is 47.0 Å². The summed E-state index contributed by atoms with van der Waals surface area (Å²) in [6.45, 7) is 11.2. The summed E-state index contributed by atoms with van der Waals surface area (Å²) in [4.78, 5) is 9.44. The zero-order valence-corrected chi connectivity index (χ0v) is 13.9. The zero-order chi connectivity index (χ0) is 15.3. The van der Waals surface area contributed by atoms with Crippen LogP contribution in [0.15, 0.2) is 6.20 Å². The van der Waals surface area contributed by atoms with Crippen LogP contribution in [-0.4, -0.2) is 29.7 Å². The molecule has 2 rings (SSSR count). The molecule has 0 saturated carbocycles. The lowest BCUT2D eigenvalue weighted by molar-refractivity contribution is -0.0392. The summed E-state index contributed by atoms with van der Waals surface area (Å²) in [5.74, 6) is 1.56. The summed E-state index contributed by atoms with van der Waals surface area (Å²) >= 11 is 0. The van der Waals surface area contributed by atoms with Crippen molar-refractivity contribution in [3.05, 3.63) is 23.3 Å². The molecule has 4 heteroatoms. The van der Waals surface area contributed by atoms with E-state index in [0.717, 1.165) is 44.1 Å². The van der Waals surface area contributed by atoms with Crippen LogP contribution in [0.4, 0.5) is 0 Å². The number of hydrogen-bond donors (Lipinski definition) is 1. The predicted molar refractivity (Wildman–Crippen MR) is 85.4 cm³/mol. The molecule has 1 aromatic rings. The van der Waals surface area contributed by atoms with Crippen molar-refractivity contribution in [1.82, 2.24) is 15.3 Å². The van der Waals surface area contributed by atoms with E-state index < -0.39 is 0 Å². The second kappa shape index (κ2) is 7.32. The van der Waals surface area contributed by atoms with Crippen LogP contribution in [0.3, 0.4) is 0 Å². The van der Waals surface area contributed by atoms with Gasteiger partial charge in [0.2, 0.25) is 0 Å². The lowest BCUT2D eigenvalue weighted by atomic mass is 9.87. The maximum Gasteiger partial charge on any atom is 0.160 e. The number of rotatable bonds is 7. The molecule has 2 atom stereocenters. The largest absolute Gasteiger partial charge is 0.368 e. The van der Waals surface area contributed by atoms with Gasteiger partial charge in [0.15, 0.2) is 5.82 Å². The average molecular weight is 291 g/mol. The summed E-state index contributed by atoms with van der Waals surface area (Å²) in [6, 6.07) is 0. The highest BCUT2D eigenvalue weighted by Gasteiger charge is 2.30. The molecule has 2 unspecified atom stereocenters. The number of fused-ring (bicyclic) bond motifs is 1. The van der Waals surface area contributed by atoms with Crippen LogP contribution in [0.5, 0.6) is 0 Å². The molecule has 0 aliphatic heterocycles. The lowest BCUT2D eigenvalue weighted by Crippen LogP contribution is -2.31. The van der Waals surface area contributed by atoms with Crippen LogP contribution in [-0.2, 0) is 23.2 Å². The van der Waals surface area contributed by atoms with Gasteiger partial charge in [-0.2, -0.15) is 0 Å². The zero-order valence-electron chi connectivity index (χ0n) is 13.9. The SMILES string of the molecule is CCNCC1CCc2nc(C(C)(CC)OCC)ncc2C1. The Kier molecular flexibility index (Phi) is 5.71. The van der Waals surface area contributed by atoms with Crippen molar-refractivity contribution in [3.63, 3.8) is 0 Å². The molecule has 0 amide bonds. The molecule has 0 fully saturated rings. The third-order valence-electron chi connectivity index (χ3n) is 4.55. The summed E-state index contributed by atoms with van der Waals surface area (Å²) in [7, 11) is 0. The normalized spacial score (nSPS) is 20.9. The molecule has 118 valence electrons. The number of ether oxygens (including phenoxy) is 1. The second-order valence-electron chi connectivity index (χ2n) is 6.10. The van der Waals surface area contributed by atoms with Crippen molar-refractivity contribution in [2.75, 3.05) is 19.7 Å². The first-order chi connectivity index (χ1) is 10.1. The van der Waals surface area contributed by atoms with Gasteiger partial charge in [0.05, 0.1) is 0 Å². The van der Waals surface area contributed by atoms with E-state index in [0.29, 0.717) is 6.61 Å². The van der Waals surface area contributed by atoms with Gasteiger partial charge < -0.3 is 10.1 Å². The van der Waals surface area contributed by atoms with E-state index in [1.54, 1.807) is 0 Å². The molecule has 0 saturated heterocycles. The van der Waals surface area contributed by atoms with Crippen LogP contribution < -0.4 is 5.32 Å². The number of nitrogens with one attached hydrogen (secondary N) is 1. The minimum Gasteiger partial charge on any atom is -0.368 e. The molecular formula is C17H29N3O. The molecule has 1 heterocycles. The monoisotopic (exact) mass is 291 g/mol. The molecule has 0 spiro atoms. The van der Waals surface area contributed by atoms with Gasteiger partial charge in [-0.1, -0.05) is 13.8 Å². The average Bonchev–Trinajstić information content (AvgIpc) is 2.52. The van der Waals surface area contributed by atoms with Crippen LogP contribution in [0.25, 0.3) is 0 Å². The fourth-order valence-electron chi connectivity index (χ4n) is 3.00. The van der Waals surface area contributed by atoms with Crippen molar-refractivity contribution in [2.24, 2.45) is 5.92 Å². The van der Waals surface area contributed by atoms with Crippen LogP contribution in [0.2, 0.25) is 0 Å². The highest BCUT2D eigenvalue weighted by Crippen LogP contribution is 2.29. The van der Waals surface area contributed by atoms with Gasteiger partial charge in [-0.3, -0.25) is 0 Å². The van der Waals surface area contributed by atoms with E-state index in [1.165, 1.54) is 17.7 Å². The number of nitrogens with zero attached hydrogens (tertiary/aromatic N) is 2. The second-order valence-corrected chi connectivity index (χ2v) is 6.10. The number of aromatic nitrogens is 2. The molecule has 1 N–H and O–H groups in total. The molecule has 1 aliphatic carbocycles. The highest BCUT2D eigenvalue weighted by molar-refractivity contribution is 5.23. The Morgan fingerprint density at radius 3 is 2.86 bits per heavy atom. The van der Waals surface area contributed by atoms with E-state index in [1.807, 2.05) is 13.1 Å². The molecule has 4 nitrogen and oxygen atoms in total. The van der Waals surface area contributed by atoms with Crippen molar-refractivity contribution in [3.8, 4) is 0 Å². The van der Waals surface area contributed by atoms with Crippen molar-refractivity contribution in [1.29, 1.82) is 0 Å². The van der Waals surface area contributed by atoms with Gasteiger partial charge in [0.1, 0.15) is 5.60 Å². The summed E-state index contributed by atoms with van der Waals surface area (Å²) in [5, 5.41) is 3.45. The van der Waals surface area contributed by atoms with Crippen molar-refractivity contribution in [2.45, 2.75) is 59.0 Å². The van der Waals surface area contributed by atoms with E-state index in [2.05, 4.69) is 31.1 Å². The van der Waals surface area contributed by atoms with Crippen molar-refractivity contribution < 1.29 is 4.74 Å². The van der Waals surface area contributed by atoms with E-state index in [4.69, 9.17) is 9.72 Å². The number of aryl methyl sites for hydroxylation is 1. The maximum absolute atomic E-state index is 5.89. The van der Waals surface area contributed by atoms with Crippen LogP contribution >= 0.6 is 0 Å². The summed E-state index contributed by atoms with van der Waals surface area (Å²) in [5.41, 5.74) is 2.19. The molecule has 1 aromatic heterocycles. The quantitative estimate of drug-likeness (QED) is 0.839. The first-order valence-corrected chi connectivity index (χ1v) is 8.32. The van der Waals surface area contributed by atoms with Gasteiger partial charge in [-0.05, 0) is 64.1 Å². The van der Waals surface area contributed by atoms with E-state index in [-0.39, 0.29) is 5.60 Å². The summed E-state index contributed by atoms with van der Waals surface area (Å²) < 4.78 is 5.89. The van der Waals surface area contributed by atoms with Gasteiger partial charge in [0, 0.05) is 18.5 Å². The smallest absolute Gasteiger partial charge is 0.160 e. The Morgan fingerprint density at radius 2 is 2.19 bits per heavy atom. The Bertz CT molecular complexity index is 463. The Morgan fingerprint density at radius 1 is 1.38 bits per heavy atom. The van der Waals surface area contributed by atoms with Gasteiger partial charge in [0.25, 0.3) is 0 Å². The Balaban J connectivity index is 2.14. The first-order valence-electron chi connectivity index (χ1n) is 8.32. The maximum atomic E-state index is 5.89. The third kappa shape index (κ3) is 3.80. The van der Waals surface area contributed by atoms with Gasteiger partial charge in [-0.25, -0.2) is 9.97 Å². The minimum absolute atomic E-state index is 0.357.